The lowest BCUT2D eigenvalue weighted by atomic mass is 10.1. The largest absolute Gasteiger partial charge is 0.465 e. The van der Waals surface area contributed by atoms with E-state index in [1.165, 1.54) is 18.9 Å². The van der Waals surface area contributed by atoms with Gasteiger partial charge in [0.1, 0.15) is 5.54 Å². The zero-order valence-electron chi connectivity index (χ0n) is 9.87. The van der Waals surface area contributed by atoms with Crippen molar-refractivity contribution in [3.63, 3.8) is 0 Å². The van der Waals surface area contributed by atoms with Crippen LogP contribution in [-0.4, -0.2) is 23.7 Å². The fourth-order valence-electron chi connectivity index (χ4n) is 1.58. The molecule has 0 bridgehead atoms. The normalized spacial score (nSPS) is 17.0. The van der Waals surface area contributed by atoms with E-state index in [2.05, 4.69) is 10.1 Å². The van der Waals surface area contributed by atoms with Crippen LogP contribution in [0.15, 0.2) is 23.1 Å². The monoisotopic (exact) mass is 251 g/mol. The zero-order valence-corrected chi connectivity index (χ0v) is 10.7. The van der Waals surface area contributed by atoms with E-state index in [1.807, 2.05) is 13.8 Å². The Morgan fingerprint density at radius 3 is 2.76 bits per heavy atom. The van der Waals surface area contributed by atoms with Crippen molar-refractivity contribution in [3.8, 4) is 0 Å². The van der Waals surface area contributed by atoms with Crippen LogP contribution in [0.25, 0.3) is 0 Å². The number of anilines is 1. The predicted octanol–water partition coefficient (Wildman–Crippen LogP) is 2.30. The smallest absolute Gasteiger partial charge is 0.337 e. The second-order valence-electron chi connectivity index (χ2n) is 4.34. The van der Waals surface area contributed by atoms with E-state index < -0.39 is 5.54 Å². The second kappa shape index (κ2) is 4.07. The summed E-state index contributed by atoms with van der Waals surface area (Å²) in [5.41, 5.74) is 0.652. The molecule has 1 N–H and O–H groups in total. The van der Waals surface area contributed by atoms with Gasteiger partial charge in [-0.2, -0.15) is 0 Å². The minimum absolute atomic E-state index is 0.0656. The van der Waals surface area contributed by atoms with Gasteiger partial charge in [-0.15, -0.1) is 0 Å². The van der Waals surface area contributed by atoms with Gasteiger partial charge in [-0.05, 0) is 43.8 Å². The standard InChI is InChI=1S/C12H13NO3S/c1-12(2)11(15)17-9-5-4-7(10(14)16-3)6-8(9)13-12/h4-6,13H,1-3H3. The Morgan fingerprint density at radius 1 is 1.41 bits per heavy atom. The molecule has 1 aliphatic rings. The molecule has 0 fully saturated rings. The molecule has 17 heavy (non-hydrogen) atoms. The summed E-state index contributed by atoms with van der Waals surface area (Å²) in [7, 11) is 1.34. The number of hydrogen-bond acceptors (Lipinski definition) is 5. The van der Waals surface area contributed by atoms with Gasteiger partial charge in [0.25, 0.3) is 0 Å². The number of thioether (sulfide) groups is 1. The number of fused-ring (bicyclic) bond motifs is 1. The number of rotatable bonds is 1. The molecule has 0 aliphatic carbocycles. The molecule has 5 heteroatoms. The Balaban J connectivity index is 2.41. The maximum Gasteiger partial charge on any atom is 0.337 e. The lowest BCUT2D eigenvalue weighted by Crippen LogP contribution is -2.41. The van der Waals surface area contributed by atoms with Crippen LogP contribution in [0.1, 0.15) is 24.2 Å². The number of ether oxygens (including phenoxy) is 1. The minimum Gasteiger partial charge on any atom is -0.465 e. The Bertz CT molecular complexity index is 497. The first-order valence-corrected chi connectivity index (χ1v) is 5.98. The zero-order chi connectivity index (χ0) is 12.6. The number of carbonyl (C=O) groups is 2. The second-order valence-corrected chi connectivity index (χ2v) is 5.36. The molecule has 0 saturated carbocycles. The van der Waals surface area contributed by atoms with Crippen LogP contribution in [0, 0.1) is 0 Å². The maximum absolute atomic E-state index is 11.8. The highest BCUT2D eigenvalue weighted by molar-refractivity contribution is 8.14. The fourth-order valence-corrected chi connectivity index (χ4v) is 2.44. The molecule has 2 rings (SSSR count). The van der Waals surface area contributed by atoms with Crippen molar-refractivity contribution in [2.75, 3.05) is 12.4 Å². The maximum atomic E-state index is 11.8. The molecule has 4 nitrogen and oxygen atoms in total. The quantitative estimate of drug-likeness (QED) is 0.776. The molecule has 1 heterocycles. The highest BCUT2D eigenvalue weighted by atomic mass is 32.2. The minimum atomic E-state index is -0.619. The van der Waals surface area contributed by atoms with Gasteiger partial charge in [-0.3, -0.25) is 4.79 Å². The van der Waals surface area contributed by atoms with Gasteiger partial charge in [0.2, 0.25) is 5.12 Å². The van der Waals surface area contributed by atoms with Crippen LogP contribution >= 0.6 is 11.8 Å². The third-order valence-electron chi connectivity index (χ3n) is 2.56. The number of nitrogens with one attached hydrogen (secondary N) is 1. The van der Waals surface area contributed by atoms with E-state index in [1.54, 1.807) is 18.2 Å². The van der Waals surface area contributed by atoms with Crippen molar-refractivity contribution in [3.05, 3.63) is 23.8 Å². The van der Waals surface area contributed by atoms with E-state index in [-0.39, 0.29) is 11.1 Å². The highest BCUT2D eigenvalue weighted by Gasteiger charge is 2.33. The van der Waals surface area contributed by atoms with E-state index in [0.29, 0.717) is 5.56 Å². The molecule has 0 aromatic heterocycles. The molecule has 1 aromatic carbocycles. The molecular weight excluding hydrogens is 238 g/mol. The van der Waals surface area contributed by atoms with Gasteiger partial charge in [-0.1, -0.05) is 0 Å². The van der Waals surface area contributed by atoms with Gasteiger partial charge >= 0.3 is 5.97 Å². The molecule has 1 aromatic rings. The Hall–Kier alpha value is -1.49. The van der Waals surface area contributed by atoms with Crippen LogP contribution in [0.4, 0.5) is 5.69 Å². The van der Waals surface area contributed by atoms with Crippen LogP contribution in [0.5, 0.6) is 0 Å². The van der Waals surface area contributed by atoms with Gasteiger partial charge in [-0.25, -0.2) is 4.79 Å². The average molecular weight is 251 g/mol. The molecule has 0 radical (unpaired) electrons. The molecule has 0 spiro atoms. The number of esters is 1. The van der Waals surface area contributed by atoms with Crippen molar-refractivity contribution < 1.29 is 14.3 Å². The van der Waals surface area contributed by atoms with Crippen molar-refractivity contribution in [2.45, 2.75) is 24.3 Å². The molecule has 0 amide bonds. The molecule has 1 aliphatic heterocycles. The van der Waals surface area contributed by atoms with Gasteiger partial charge in [0.05, 0.1) is 12.7 Å². The summed E-state index contributed by atoms with van der Waals surface area (Å²) in [5.74, 6) is -0.380. The predicted molar refractivity (Wildman–Crippen MR) is 66.3 cm³/mol. The van der Waals surface area contributed by atoms with Crippen LogP contribution < -0.4 is 5.32 Å². The molecule has 0 unspecified atom stereocenters. The van der Waals surface area contributed by atoms with E-state index in [0.717, 1.165) is 10.6 Å². The number of carbonyl (C=O) groups excluding carboxylic acids is 2. The van der Waals surface area contributed by atoms with Crippen LogP contribution in [-0.2, 0) is 9.53 Å². The Kier molecular flexibility index (Phi) is 2.87. The van der Waals surface area contributed by atoms with Crippen molar-refractivity contribution in [1.82, 2.24) is 0 Å². The van der Waals surface area contributed by atoms with Gasteiger partial charge < -0.3 is 10.1 Å². The molecule has 0 atom stereocenters. The molecular formula is C12H13NO3S. The number of methoxy groups -OCH3 is 1. The third kappa shape index (κ3) is 2.15. The summed E-state index contributed by atoms with van der Waals surface area (Å²) in [5, 5.41) is 3.19. The number of benzene rings is 1. The summed E-state index contributed by atoms with van der Waals surface area (Å²) >= 11 is 1.19. The SMILES string of the molecule is COC(=O)c1ccc2c(c1)NC(C)(C)C(=O)S2. The first-order valence-electron chi connectivity index (χ1n) is 5.17. The fraction of sp³-hybridized carbons (Fsp3) is 0.333. The first-order chi connectivity index (χ1) is 7.94. The molecule has 0 saturated heterocycles. The van der Waals surface area contributed by atoms with Crippen LogP contribution in [0.3, 0.4) is 0 Å². The van der Waals surface area contributed by atoms with E-state index >= 15 is 0 Å². The summed E-state index contributed by atoms with van der Waals surface area (Å²) in [6, 6.07) is 5.12. The number of hydrogen-bond donors (Lipinski definition) is 1. The lowest BCUT2D eigenvalue weighted by Gasteiger charge is -2.31. The van der Waals surface area contributed by atoms with Crippen molar-refractivity contribution in [2.24, 2.45) is 0 Å². The average Bonchev–Trinajstić information content (AvgIpc) is 2.28. The molecule has 90 valence electrons. The summed E-state index contributed by atoms with van der Waals surface area (Å²) in [6.07, 6.45) is 0. The highest BCUT2D eigenvalue weighted by Crippen LogP contribution is 2.38. The summed E-state index contributed by atoms with van der Waals surface area (Å²) < 4.78 is 4.66. The van der Waals surface area contributed by atoms with Gasteiger partial charge in [0.15, 0.2) is 0 Å². The Morgan fingerprint density at radius 2 is 2.12 bits per heavy atom. The lowest BCUT2D eigenvalue weighted by molar-refractivity contribution is -0.114. The van der Waals surface area contributed by atoms with Crippen LogP contribution in [0.2, 0.25) is 0 Å². The van der Waals surface area contributed by atoms with Gasteiger partial charge in [0, 0.05) is 10.6 Å². The van der Waals surface area contributed by atoms with Crippen molar-refractivity contribution in [1.29, 1.82) is 0 Å². The van der Waals surface area contributed by atoms with E-state index in [9.17, 15) is 9.59 Å². The summed E-state index contributed by atoms with van der Waals surface area (Å²) in [4.78, 5) is 24.0. The van der Waals surface area contributed by atoms with E-state index in [4.69, 9.17) is 0 Å². The van der Waals surface area contributed by atoms with Crippen molar-refractivity contribution >= 4 is 28.5 Å². The summed E-state index contributed by atoms with van der Waals surface area (Å²) in [6.45, 7) is 3.63. The first kappa shape index (κ1) is 12.0. The Labute approximate surface area is 104 Å². The topological polar surface area (TPSA) is 55.4 Å². The third-order valence-corrected chi connectivity index (χ3v) is 3.83.